The Balaban J connectivity index is 1.62. The molecule has 0 radical (unpaired) electrons. The van der Waals surface area contributed by atoms with E-state index in [4.69, 9.17) is 0 Å². The summed E-state index contributed by atoms with van der Waals surface area (Å²) in [7, 11) is -3.71. The maximum Gasteiger partial charge on any atom is 0.242 e. The average molecular weight is 389 g/mol. The van der Waals surface area contributed by atoms with Gasteiger partial charge in [0.05, 0.1) is 11.6 Å². The van der Waals surface area contributed by atoms with Crippen LogP contribution in [-0.2, 0) is 16.7 Å². The van der Waals surface area contributed by atoms with Crippen molar-refractivity contribution >= 4 is 10.0 Å². The van der Waals surface area contributed by atoms with Crippen molar-refractivity contribution in [3.8, 4) is 22.5 Å². The molecule has 0 saturated heterocycles. The molecule has 28 heavy (non-hydrogen) atoms. The van der Waals surface area contributed by atoms with Crippen LogP contribution in [0.5, 0.6) is 0 Å². The first kappa shape index (κ1) is 18.2. The average Bonchev–Trinajstić information content (AvgIpc) is 3.22. The largest absolute Gasteiger partial charge is 0.317 e. The second-order valence-corrected chi connectivity index (χ2v) is 7.99. The summed E-state index contributed by atoms with van der Waals surface area (Å²) in [4.78, 5) is 4.61. The van der Waals surface area contributed by atoms with Gasteiger partial charge in [0.25, 0.3) is 0 Å². The second kappa shape index (κ2) is 7.80. The number of nitrogens with zero attached hydrogens (tertiary/aromatic N) is 2. The number of rotatable bonds is 6. The number of imidazole rings is 1. The van der Waals surface area contributed by atoms with E-state index in [1.54, 1.807) is 29.1 Å². The SMILES string of the molecule is O=S(=O)(NCn1ccnc1-c1ccccc1)c1ccccc1-c1ccccc1. The highest BCUT2D eigenvalue weighted by Crippen LogP contribution is 2.27. The summed E-state index contributed by atoms with van der Waals surface area (Å²) >= 11 is 0. The Morgan fingerprint density at radius 1 is 0.786 bits per heavy atom. The van der Waals surface area contributed by atoms with Crippen molar-refractivity contribution in [1.29, 1.82) is 0 Å². The van der Waals surface area contributed by atoms with Crippen molar-refractivity contribution in [3.63, 3.8) is 0 Å². The molecule has 0 aliphatic carbocycles. The normalized spacial score (nSPS) is 11.4. The standard InChI is InChI=1S/C22H19N3O2S/c26-28(27,21-14-8-7-13-20(21)18-9-3-1-4-10-18)24-17-25-16-15-23-22(25)19-11-5-2-6-12-19/h1-16,24H,17H2. The van der Waals surface area contributed by atoms with Crippen molar-refractivity contribution in [1.82, 2.24) is 14.3 Å². The number of hydrogen-bond donors (Lipinski definition) is 1. The molecule has 0 spiro atoms. The minimum absolute atomic E-state index is 0.0929. The van der Waals surface area contributed by atoms with E-state index in [0.29, 0.717) is 11.4 Å². The van der Waals surface area contributed by atoms with Gasteiger partial charge in [-0.1, -0.05) is 78.9 Å². The van der Waals surface area contributed by atoms with Crippen molar-refractivity contribution in [2.24, 2.45) is 0 Å². The van der Waals surface area contributed by atoms with Crippen molar-refractivity contribution in [3.05, 3.63) is 97.3 Å². The zero-order chi connectivity index (χ0) is 19.4. The van der Waals surface area contributed by atoms with Crippen LogP contribution in [0.1, 0.15) is 0 Å². The first-order valence-corrected chi connectivity index (χ1v) is 10.3. The van der Waals surface area contributed by atoms with Crippen LogP contribution in [0.2, 0.25) is 0 Å². The van der Waals surface area contributed by atoms with Gasteiger partial charge in [0.2, 0.25) is 10.0 Å². The molecule has 1 heterocycles. The Morgan fingerprint density at radius 2 is 1.39 bits per heavy atom. The minimum Gasteiger partial charge on any atom is -0.317 e. The molecule has 0 aliphatic heterocycles. The maximum atomic E-state index is 13.0. The van der Waals surface area contributed by atoms with Crippen LogP contribution in [0, 0.1) is 0 Å². The number of aromatic nitrogens is 2. The number of benzene rings is 3. The molecule has 0 amide bonds. The van der Waals surface area contributed by atoms with Gasteiger partial charge in [-0.25, -0.2) is 13.4 Å². The van der Waals surface area contributed by atoms with Gasteiger partial charge in [0.15, 0.2) is 0 Å². The Labute approximate surface area is 164 Å². The van der Waals surface area contributed by atoms with Crippen molar-refractivity contribution < 1.29 is 8.42 Å². The molecule has 1 N–H and O–H groups in total. The molecule has 1 aromatic heterocycles. The van der Waals surface area contributed by atoms with E-state index in [1.807, 2.05) is 72.8 Å². The van der Waals surface area contributed by atoms with Gasteiger partial charge in [0, 0.05) is 23.5 Å². The summed E-state index contributed by atoms with van der Waals surface area (Å²) in [5.41, 5.74) is 2.46. The molecule has 0 saturated carbocycles. The van der Waals surface area contributed by atoms with Crippen molar-refractivity contribution in [2.75, 3.05) is 0 Å². The summed E-state index contributed by atoms with van der Waals surface area (Å²) in [5, 5.41) is 0. The highest BCUT2D eigenvalue weighted by molar-refractivity contribution is 7.89. The van der Waals surface area contributed by atoms with E-state index in [-0.39, 0.29) is 11.6 Å². The van der Waals surface area contributed by atoms with Gasteiger partial charge < -0.3 is 4.57 Å². The van der Waals surface area contributed by atoms with E-state index < -0.39 is 10.0 Å². The topological polar surface area (TPSA) is 64.0 Å². The lowest BCUT2D eigenvalue weighted by Gasteiger charge is -2.13. The summed E-state index contributed by atoms with van der Waals surface area (Å²) in [6.07, 6.45) is 3.42. The maximum absolute atomic E-state index is 13.0. The lowest BCUT2D eigenvalue weighted by Crippen LogP contribution is -2.27. The Bertz CT molecular complexity index is 1170. The third-order valence-corrected chi connectivity index (χ3v) is 5.88. The van der Waals surface area contributed by atoms with Gasteiger partial charge in [0.1, 0.15) is 5.82 Å². The lowest BCUT2D eigenvalue weighted by atomic mass is 10.1. The van der Waals surface area contributed by atoms with E-state index >= 15 is 0 Å². The summed E-state index contributed by atoms with van der Waals surface area (Å²) in [6, 6.07) is 26.2. The predicted octanol–water partition coefficient (Wildman–Crippen LogP) is 4.15. The van der Waals surface area contributed by atoms with E-state index in [1.165, 1.54) is 0 Å². The molecule has 4 rings (SSSR count). The molecule has 0 atom stereocenters. The molecule has 140 valence electrons. The highest BCUT2D eigenvalue weighted by Gasteiger charge is 2.19. The van der Waals surface area contributed by atoms with Gasteiger partial charge in [-0.2, -0.15) is 4.72 Å². The van der Waals surface area contributed by atoms with Crippen molar-refractivity contribution in [2.45, 2.75) is 11.6 Å². The molecule has 0 unspecified atom stereocenters. The zero-order valence-electron chi connectivity index (χ0n) is 15.1. The first-order chi connectivity index (χ1) is 13.6. The van der Waals surface area contributed by atoms with Crippen LogP contribution in [0.3, 0.4) is 0 Å². The number of sulfonamides is 1. The van der Waals surface area contributed by atoms with Crippen LogP contribution < -0.4 is 4.72 Å². The fourth-order valence-electron chi connectivity index (χ4n) is 3.07. The van der Waals surface area contributed by atoms with E-state index in [0.717, 1.165) is 11.1 Å². The molecular formula is C22H19N3O2S. The Morgan fingerprint density at radius 3 is 2.11 bits per heavy atom. The number of nitrogens with one attached hydrogen (secondary N) is 1. The molecule has 3 aromatic carbocycles. The van der Waals surface area contributed by atoms with Gasteiger partial charge in [-0.05, 0) is 11.6 Å². The van der Waals surface area contributed by atoms with Gasteiger partial charge in [-0.3, -0.25) is 0 Å². The fraction of sp³-hybridized carbons (Fsp3) is 0.0455. The Kier molecular flexibility index (Phi) is 5.06. The van der Waals surface area contributed by atoms with Crippen LogP contribution in [0.15, 0.2) is 102 Å². The number of hydrogen-bond acceptors (Lipinski definition) is 3. The minimum atomic E-state index is -3.71. The van der Waals surface area contributed by atoms with Crippen LogP contribution in [0.25, 0.3) is 22.5 Å². The lowest BCUT2D eigenvalue weighted by molar-refractivity contribution is 0.564. The molecular weight excluding hydrogens is 370 g/mol. The summed E-state index contributed by atoms with van der Waals surface area (Å²) in [6.45, 7) is 0.0929. The molecule has 0 fully saturated rings. The molecule has 5 nitrogen and oxygen atoms in total. The van der Waals surface area contributed by atoms with Gasteiger partial charge in [-0.15, -0.1) is 0 Å². The van der Waals surface area contributed by atoms with Crippen LogP contribution in [0.4, 0.5) is 0 Å². The first-order valence-electron chi connectivity index (χ1n) is 8.86. The highest BCUT2D eigenvalue weighted by atomic mass is 32.2. The zero-order valence-corrected chi connectivity index (χ0v) is 15.9. The van der Waals surface area contributed by atoms with Crippen LogP contribution >= 0.6 is 0 Å². The molecule has 0 aliphatic rings. The van der Waals surface area contributed by atoms with Gasteiger partial charge >= 0.3 is 0 Å². The molecule has 4 aromatic rings. The molecule has 0 bridgehead atoms. The Hall–Kier alpha value is -3.22. The quantitative estimate of drug-likeness (QED) is 0.539. The monoisotopic (exact) mass is 389 g/mol. The third kappa shape index (κ3) is 3.74. The van der Waals surface area contributed by atoms with E-state index in [2.05, 4.69) is 9.71 Å². The predicted molar refractivity (Wildman–Crippen MR) is 110 cm³/mol. The second-order valence-electron chi connectivity index (χ2n) is 6.25. The smallest absolute Gasteiger partial charge is 0.242 e. The summed E-state index contributed by atoms with van der Waals surface area (Å²) in [5.74, 6) is 0.708. The van der Waals surface area contributed by atoms with Crippen LogP contribution in [-0.4, -0.2) is 18.0 Å². The third-order valence-electron chi connectivity index (χ3n) is 4.43. The molecule has 6 heteroatoms. The fourth-order valence-corrected chi connectivity index (χ4v) is 4.27. The van der Waals surface area contributed by atoms with E-state index in [9.17, 15) is 8.42 Å². The summed E-state index contributed by atoms with van der Waals surface area (Å²) < 4.78 is 30.5.